The summed E-state index contributed by atoms with van der Waals surface area (Å²) in [7, 11) is 0. The number of anilines is 2. The Morgan fingerprint density at radius 3 is 2.70 bits per heavy atom. The predicted molar refractivity (Wildman–Crippen MR) is 111 cm³/mol. The lowest BCUT2D eigenvalue weighted by molar-refractivity contribution is -0.144. The molecule has 2 aromatic heterocycles. The van der Waals surface area contributed by atoms with E-state index in [-0.39, 0.29) is 23.8 Å². The number of nitriles is 1. The minimum absolute atomic E-state index is 0.0164. The first-order valence-corrected chi connectivity index (χ1v) is 9.90. The van der Waals surface area contributed by atoms with Crippen LogP contribution >= 0.6 is 0 Å². The van der Waals surface area contributed by atoms with Gasteiger partial charge in [-0.25, -0.2) is 9.50 Å². The molecule has 0 unspecified atom stereocenters. The van der Waals surface area contributed by atoms with Gasteiger partial charge in [0.1, 0.15) is 17.4 Å². The zero-order chi connectivity index (χ0) is 21.5. The summed E-state index contributed by atoms with van der Waals surface area (Å²) in [5, 5.41) is 14.7. The van der Waals surface area contributed by atoms with Gasteiger partial charge in [0.05, 0.1) is 18.9 Å². The first-order valence-electron chi connectivity index (χ1n) is 9.90. The molecule has 1 aromatic carbocycles. The highest BCUT2D eigenvalue weighted by molar-refractivity contribution is 5.61. The molecule has 0 amide bonds. The number of hydrogen-bond donors (Lipinski definition) is 2. The first-order chi connectivity index (χ1) is 14.4. The van der Waals surface area contributed by atoms with Crippen molar-refractivity contribution in [2.45, 2.75) is 51.1 Å². The monoisotopic (exact) mass is 407 g/mol. The molecule has 3 aromatic rings. The lowest BCUT2D eigenvalue weighted by Crippen LogP contribution is -2.51. The number of rotatable bonds is 5. The van der Waals surface area contributed by atoms with Gasteiger partial charge in [0.15, 0.2) is 11.5 Å². The van der Waals surface area contributed by atoms with Crippen molar-refractivity contribution in [3.8, 4) is 6.07 Å². The number of aromatic nitrogens is 4. The maximum atomic E-state index is 10.4. The smallest absolute Gasteiger partial charge is 0.240 e. The van der Waals surface area contributed by atoms with Crippen LogP contribution in [0.1, 0.15) is 38.4 Å². The van der Waals surface area contributed by atoms with E-state index in [9.17, 15) is 5.26 Å². The van der Waals surface area contributed by atoms with Crippen molar-refractivity contribution < 1.29 is 9.47 Å². The van der Waals surface area contributed by atoms with Crippen molar-refractivity contribution in [3.63, 3.8) is 0 Å². The van der Waals surface area contributed by atoms with Crippen molar-refractivity contribution in [3.05, 3.63) is 47.8 Å². The van der Waals surface area contributed by atoms with Gasteiger partial charge in [-0.3, -0.25) is 0 Å². The van der Waals surface area contributed by atoms with Crippen LogP contribution in [-0.2, 0) is 21.7 Å². The molecule has 1 aliphatic heterocycles. The molecule has 4 N–H and O–H groups in total. The highest BCUT2D eigenvalue weighted by atomic mass is 16.6. The van der Waals surface area contributed by atoms with E-state index in [2.05, 4.69) is 21.1 Å². The van der Waals surface area contributed by atoms with Gasteiger partial charge in [0.2, 0.25) is 11.5 Å². The molecular formula is C21H25N7O2. The molecule has 1 fully saturated rings. The van der Waals surface area contributed by atoms with Crippen LogP contribution in [0, 0.1) is 17.2 Å². The Bertz CT molecular complexity index is 1110. The van der Waals surface area contributed by atoms with Crippen LogP contribution in [0.15, 0.2) is 36.5 Å². The lowest BCUT2D eigenvalue weighted by Gasteiger charge is -2.38. The van der Waals surface area contributed by atoms with Gasteiger partial charge in [0.25, 0.3) is 0 Å². The Balaban J connectivity index is 1.86. The van der Waals surface area contributed by atoms with E-state index >= 15 is 0 Å². The second kappa shape index (κ2) is 7.23. The summed E-state index contributed by atoms with van der Waals surface area (Å²) in [6.07, 6.45) is 2.08. The third kappa shape index (κ3) is 2.80. The zero-order valence-corrected chi connectivity index (χ0v) is 17.2. The third-order valence-electron chi connectivity index (χ3n) is 6.16. The van der Waals surface area contributed by atoms with E-state index in [1.807, 2.05) is 51.1 Å². The van der Waals surface area contributed by atoms with E-state index in [1.165, 1.54) is 10.7 Å². The van der Waals surface area contributed by atoms with Crippen LogP contribution in [0.5, 0.6) is 0 Å². The number of imidazole rings is 1. The van der Waals surface area contributed by atoms with Gasteiger partial charge >= 0.3 is 0 Å². The summed E-state index contributed by atoms with van der Waals surface area (Å²) < 4.78 is 14.3. The van der Waals surface area contributed by atoms with Crippen LogP contribution in [0.4, 0.5) is 11.8 Å². The Hall–Kier alpha value is -3.22. The molecule has 0 saturated carbocycles. The highest BCUT2D eigenvalue weighted by Gasteiger charge is 2.65. The number of ether oxygens (including phenoxy) is 2. The molecule has 1 aliphatic rings. The van der Waals surface area contributed by atoms with E-state index in [0.717, 1.165) is 12.0 Å². The van der Waals surface area contributed by atoms with E-state index in [4.69, 9.17) is 20.9 Å². The number of benzene rings is 1. The SMILES string of the molecule is CC[C@H]1O[C@@](C#N)(c2cnc3c(N)nc(N)nn23)[C@](C)(OCc2ccccc2)[C@@H]1C. The van der Waals surface area contributed by atoms with E-state index in [0.29, 0.717) is 17.9 Å². The number of nitrogens with two attached hydrogens (primary N) is 2. The van der Waals surface area contributed by atoms with Crippen LogP contribution in [0.25, 0.3) is 5.65 Å². The Labute approximate surface area is 174 Å². The minimum Gasteiger partial charge on any atom is -0.380 e. The summed E-state index contributed by atoms with van der Waals surface area (Å²) in [4.78, 5) is 8.28. The highest BCUT2D eigenvalue weighted by Crippen LogP contribution is 2.53. The lowest BCUT2D eigenvalue weighted by atomic mass is 9.75. The summed E-state index contributed by atoms with van der Waals surface area (Å²) in [6.45, 7) is 6.31. The molecule has 0 aliphatic carbocycles. The standard InChI is InChI=1S/C21H25N7O2/c1-4-15-13(2)20(3,29-11-14-8-6-5-7-9-14)21(12-22,30-15)16-10-25-18-17(23)26-19(24)27-28(16)18/h5-10,13,15H,4,11H2,1-3H3,(H4,23,24,26,27)/t13-,15-,20-,21+/m1/s1. The van der Waals surface area contributed by atoms with Crippen LogP contribution in [0.2, 0.25) is 0 Å². The summed E-state index contributed by atoms with van der Waals surface area (Å²) in [5.41, 5.74) is 11.1. The van der Waals surface area contributed by atoms with Crippen molar-refractivity contribution in [2.24, 2.45) is 5.92 Å². The molecule has 30 heavy (non-hydrogen) atoms. The van der Waals surface area contributed by atoms with Gasteiger partial charge in [0, 0.05) is 5.92 Å². The summed E-state index contributed by atoms with van der Waals surface area (Å²) >= 11 is 0. The van der Waals surface area contributed by atoms with Gasteiger partial charge in [-0.05, 0) is 18.9 Å². The molecule has 0 spiro atoms. The number of hydrogen-bond acceptors (Lipinski definition) is 8. The molecule has 4 atom stereocenters. The fourth-order valence-corrected chi connectivity index (χ4v) is 4.27. The first kappa shape index (κ1) is 20.1. The molecule has 9 heteroatoms. The number of nitrogens with zero attached hydrogens (tertiary/aromatic N) is 5. The quantitative estimate of drug-likeness (QED) is 0.658. The third-order valence-corrected chi connectivity index (χ3v) is 6.16. The molecule has 9 nitrogen and oxygen atoms in total. The zero-order valence-electron chi connectivity index (χ0n) is 17.2. The van der Waals surface area contributed by atoms with E-state index < -0.39 is 11.2 Å². The van der Waals surface area contributed by atoms with E-state index in [1.54, 1.807) is 0 Å². The van der Waals surface area contributed by atoms with Crippen molar-refractivity contribution in [2.75, 3.05) is 11.5 Å². The van der Waals surface area contributed by atoms with Gasteiger partial charge in [-0.1, -0.05) is 44.2 Å². The topological polar surface area (TPSA) is 137 Å². The normalized spacial score (nSPS) is 28.6. The van der Waals surface area contributed by atoms with Crippen LogP contribution < -0.4 is 11.5 Å². The van der Waals surface area contributed by atoms with Crippen molar-refractivity contribution in [1.29, 1.82) is 5.26 Å². The molecule has 4 rings (SSSR count). The number of fused-ring (bicyclic) bond motifs is 1. The minimum atomic E-state index is -1.46. The fraction of sp³-hybridized carbons (Fsp3) is 0.429. The molecular weight excluding hydrogens is 382 g/mol. The molecule has 3 heterocycles. The summed E-state index contributed by atoms with van der Waals surface area (Å²) in [5.74, 6) is 0.0390. The second-order valence-corrected chi connectivity index (χ2v) is 7.76. The van der Waals surface area contributed by atoms with Crippen LogP contribution in [0.3, 0.4) is 0 Å². The average molecular weight is 407 g/mol. The largest absolute Gasteiger partial charge is 0.380 e. The molecule has 0 bridgehead atoms. The Morgan fingerprint density at radius 1 is 1.30 bits per heavy atom. The molecule has 156 valence electrons. The van der Waals surface area contributed by atoms with Crippen LogP contribution in [-0.4, -0.2) is 31.3 Å². The predicted octanol–water partition coefficient (Wildman–Crippen LogP) is 2.43. The maximum absolute atomic E-state index is 10.4. The number of nitrogen functional groups attached to an aromatic ring is 2. The average Bonchev–Trinajstić information content (AvgIpc) is 3.26. The molecule has 0 radical (unpaired) electrons. The second-order valence-electron chi connectivity index (χ2n) is 7.76. The Kier molecular flexibility index (Phi) is 4.84. The fourth-order valence-electron chi connectivity index (χ4n) is 4.27. The maximum Gasteiger partial charge on any atom is 0.240 e. The van der Waals surface area contributed by atoms with Crippen molar-refractivity contribution >= 4 is 17.4 Å². The Morgan fingerprint density at radius 2 is 2.03 bits per heavy atom. The molecule has 1 saturated heterocycles. The van der Waals surface area contributed by atoms with Gasteiger partial charge in [-0.2, -0.15) is 10.2 Å². The van der Waals surface area contributed by atoms with Crippen molar-refractivity contribution in [1.82, 2.24) is 19.6 Å². The summed E-state index contributed by atoms with van der Waals surface area (Å²) in [6, 6.07) is 12.2. The van der Waals surface area contributed by atoms with Gasteiger partial charge < -0.3 is 20.9 Å². The van der Waals surface area contributed by atoms with Gasteiger partial charge in [-0.15, -0.1) is 5.10 Å².